The first-order valence-electron chi connectivity index (χ1n) is 8.32. The topological polar surface area (TPSA) is 49.4 Å². The van der Waals surface area contributed by atoms with Crippen molar-refractivity contribution in [2.24, 2.45) is 5.92 Å². The van der Waals surface area contributed by atoms with E-state index in [1.165, 1.54) is 38.5 Å². The highest BCUT2D eigenvalue weighted by molar-refractivity contribution is 7.91. The van der Waals surface area contributed by atoms with Gasteiger partial charge in [-0.25, -0.2) is 8.42 Å². The van der Waals surface area contributed by atoms with Gasteiger partial charge < -0.3 is 5.32 Å². The molecule has 3 saturated heterocycles. The Morgan fingerprint density at radius 3 is 2.45 bits per heavy atom. The lowest BCUT2D eigenvalue weighted by atomic mass is 9.86. The molecule has 0 amide bonds. The Balaban J connectivity index is 1.73. The Morgan fingerprint density at radius 1 is 0.950 bits per heavy atom. The van der Waals surface area contributed by atoms with Gasteiger partial charge in [0.2, 0.25) is 0 Å². The molecular formula is C15H28N2O2S. The SMILES string of the molecule is O=S1(=O)CCC(N2CCCCCC2C2CCNCC2)C1. The zero-order valence-corrected chi connectivity index (χ0v) is 13.2. The van der Waals surface area contributed by atoms with Crippen LogP contribution in [0.25, 0.3) is 0 Å². The summed E-state index contributed by atoms with van der Waals surface area (Å²) in [5, 5.41) is 3.45. The molecule has 3 aliphatic rings. The summed E-state index contributed by atoms with van der Waals surface area (Å²) in [5.41, 5.74) is 0. The number of hydrogen-bond donors (Lipinski definition) is 1. The van der Waals surface area contributed by atoms with Gasteiger partial charge in [0, 0.05) is 12.1 Å². The van der Waals surface area contributed by atoms with Crippen molar-refractivity contribution in [1.82, 2.24) is 10.2 Å². The molecule has 116 valence electrons. The molecule has 0 saturated carbocycles. The lowest BCUT2D eigenvalue weighted by Gasteiger charge is -2.41. The van der Waals surface area contributed by atoms with Crippen LogP contribution in [0.2, 0.25) is 0 Å². The van der Waals surface area contributed by atoms with Gasteiger partial charge in [-0.05, 0) is 57.7 Å². The first kappa shape index (κ1) is 14.8. The molecule has 3 aliphatic heterocycles. The second-order valence-corrected chi connectivity index (χ2v) is 9.03. The van der Waals surface area contributed by atoms with E-state index in [1.54, 1.807) is 0 Å². The third-order valence-corrected chi connectivity index (χ3v) is 7.20. The monoisotopic (exact) mass is 300 g/mol. The van der Waals surface area contributed by atoms with Crippen LogP contribution in [0.1, 0.15) is 44.9 Å². The van der Waals surface area contributed by atoms with Crippen LogP contribution in [0.4, 0.5) is 0 Å². The van der Waals surface area contributed by atoms with Gasteiger partial charge in [-0.2, -0.15) is 0 Å². The van der Waals surface area contributed by atoms with E-state index in [-0.39, 0.29) is 0 Å². The number of sulfone groups is 1. The van der Waals surface area contributed by atoms with Crippen molar-refractivity contribution in [3.8, 4) is 0 Å². The minimum absolute atomic E-state index is 0.304. The summed E-state index contributed by atoms with van der Waals surface area (Å²) in [5.74, 6) is 1.60. The number of nitrogens with one attached hydrogen (secondary N) is 1. The van der Waals surface area contributed by atoms with Crippen molar-refractivity contribution < 1.29 is 8.42 Å². The lowest BCUT2D eigenvalue weighted by Crippen LogP contribution is -2.49. The van der Waals surface area contributed by atoms with E-state index in [2.05, 4.69) is 10.2 Å². The molecule has 0 aromatic rings. The number of rotatable bonds is 2. The highest BCUT2D eigenvalue weighted by Gasteiger charge is 2.38. The molecule has 2 unspecified atom stereocenters. The normalized spacial score (nSPS) is 36.8. The van der Waals surface area contributed by atoms with Crippen molar-refractivity contribution >= 4 is 9.84 Å². The fourth-order valence-electron chi connectivity index (χ4n) is 4.38. The van der Waals surface area contributed by atoms with Crippen LogP contribution in [0.3, 0.4) is 0 Å². The van der Waals surface area contributed by atoms with E-state index in [1.807, 2.05) is 0 Å². The molecule has 5 heteroatoms. The molecule has 0 radical (unpaired) electrons. The molecule has 20 heavy (non-hydrogen) atoms. The van der Waals surface area contributed by atoms with Crippen LogP contribution in [-0.2, 0) is 9.84 Å². The molecule has 0 spiro atoms. The Morgan fingerprint density at radius 2 is 1.75 bits per heavy atom. The molecule has 1 N–H and O–H groups in total. The van der Waals surface area contributed by atoms with Gasteiger partial charge in [-0.15, -0.1) is 0 Å². The summed E-state index contributed by atoms with van der Waals surface area (Å²) >= 11 is 0. The molecule has 0 aliphatic carbocycles. The zero-order chi connectivity index (χ0) is 14.0. The Hall–Kier alpha value is -0.130. The van der Waals surface area contributed by atoms with Gasteiger partial charge in [0.1, 0.15) is 0 Å². The summed E-state index contributed by atoms with van der Waals surface area (Å²) in [4.78, 5) is 2.60. The average molecular weight is 300 g/mol. The predicted octanol–water partition coefficient (Wildman–Crippen LogP) is 1.42. The number of hydrogen-bond acceptors (Lipinski definition) is 4. The molecule has 0 aromatic carbocycles. The molecule has 0 bridgehead atoms. The highest BCUT2D eigenvalue weighted by Crippen LogP contribution is 2.32. The van der Waals surface area contributed by atoms with Gasteiger partial charge in [0.15, 0.2) is 9.84 Å². The molecule has 2 atom stereocenters. The average Bonchev–Trinajstić information content (AvgIpc) is 2.66. The molecular weight excluding hydrogens is 272 g/mol. The Labute approximate surface area is 123 Å². The number of piperidine rings is 1. The van der Waals surface area contributed by atoms with E-state index >= 15 is 0 Å². The quantitative estimate of drug-likeness (QED) is 0.838. The van der Waals surface area contributed by atoms with Crippen molar-refractivity contribution in [2.45, 2.75) is 57.0 Å². The van der Waals surface area contributed by atoms with Crippen molar-refractivity contribution in [2.75, 3.05) is 31.1 Å². The van der Waals surface area contributed by atoms with E-state index in [4.69, 9.17) is 0 Å². The van der Waals surface area contributed by atoms with E-state index < -0.39 is 9.84 Å². The highest BCUT2D eigenvalue weighted by atomic mass is 32.2. The standard InChI is InChI=1S/C15H28N2O2S/c18-20(19)11-7-14(12-20)17-10-3-1-2-4-15(17)13-5-8-16-9-6-13/h13-16H,1-12H2. The maximum atomic E-state index is 11.8. The van der Waals surface area contributed by atoms with Crippen LogP contribution in [0, 0.1) is 5.92 Å². The first-order chi connectivity index (χ1) is 9.66. The van der Waals surface area contributed by atoms with Gasteiger partial charge in [-0.3, -0.25) is 4.90 Å². The molecule has 3 rings (SSSR count). The summed E-state index contributed by atoms with van der Waals surface area (Å²) < 4.78 is 23.6. The van der Waals surface area contributed by atoms with Crippen LogP contribution < -0.4 is 5.32 Å². The Kier molecular flexibility index (Phi) is 4.68. The smallest absolute Gasteiger partial charge is 0.151 e. The van der Waals surface area contributed by atoms with E-state index in [0.717, 1.165) is 32.0 Å². The second-order valence-electron chi connectivity index (χ2n) is 6.80. The third kappa shape index (κ3) is 3.37. The van der Waals surface area contributed by atoms with Crippen molar-refractivity contribution in [3.05, 3.63) is 0 Å². The lowest BCUT2D eigenvalue weighted by molar-refractivity contribution is 0.0884. The van der Waals surface area contributed by atoms with Crippen molar-refractivity contribution in [3.63, 3.8) is 0 Å². The molecule has 3 heterocycles. The van der Waals surface area contributed by atoms with E-state index in [0.29, 0.717) is 23.6 Å². The van der Waals surface area contributed by atoms with Crippen molar-refractivity contribution in [1.29, 1.82) is 0 Å². The predicted molar refractivity (Wildman–Crippen MR) is 81.6 cm³/mol. The van der Waals surface area contributed by atoms with Crippen LogP contribution in [0.15, 0.2) is 0 Å². The molecule has 0 aromatic heterocycles. The van der Waals surface area contributed by atoms with E-state index in [9.17, 15) is 8.42 Å². The van der Waals surface area contributed by atoms with Gasteiger partial charge in [-0.1, -0.05) is 12.8 Å². The minimum atomic E-state index is -2.76. The summed E-state index contributed by atoms with van der Waals surface area (Å²) in [6, 6.07) is 0.941. The molecule has 4 nitrogen and oxygen atoms in total. The zero-order valence-electron chi connectivity index (χ0n) is 12.4. The van der Waals surface area contributed by atoms with Crippen LogP contribution in [-0.4, -0.2) is 56.5 Å². The maximum absolute atomic E-state index is 11.8. The summed E-state index contributed by atoms with van der Waals surface area (Å²) in [6.07, 6.45) is 8.56. The van der Waals surface area contributed by atoms with Gasteiger partial charge >= 0.3 is 0 Å². The largest absolute Gasteiger partial charge is 0.317 e. The number of nitrogens with zero attached hydrogens (tertiary/aromatic N) is 1. The number of likely N-dealkylation sites (tertiary alicyclic amines) is 1. The first-order valence-corrected chi connectivity index (χ1v) is 10.1. The Bertz CT molecular complexity index is 418. The summed E-state index contributed by atoms with van der Waals surface area (Å²) in [6.45, 7) is 3.39. The van der Waals surface area contributed by atoms with Crippen LogP contribution >= 0.6 is 0 Å². The summed E-state index contributed by atoms with van der Waals surface area (Å²) in [7, 11) is -2.76. The third-order valence-electron chi connectivity index (χ3n) is 5.45. The van der Waals surface area contributed by atoms with Gasteiger partial charge in [0.05, 0.1) is 11.5 Å². The minimum Gasteiger partial charge on any atom is -0.317 e. The van der Waals surface area contributed by atoms with Gasteiger partial charge in [0.25, 0.3) is 0 Å². The molecule has 3 fully saturated rings. The van der Waals surface area contributed by atoms with Crippen LogP contribution in [0.5, 0.6) is 0 Å². The fourth-order valence-corrected chi connectivity index (χ4v) is 6.12. The maximum Gasteiger partial charge on any atom is 0.151 e. The second kappa shape index (κ2) is 6.32. The fraction of sp³-hybridized carbons (Fsp3) is 1.00.